The number of esters is 2. The third kappa shape index (κ3) is 6.53. The van der Waals surface area contributed by atoms with Crippen molar-refractivity contribution in [3.05, 3.63) is 29.1 Å². The highest BCUT2D eigenvalue weighted by molar-refractivity contribution is 9.09. The predicted molar refractivity (Wildman–Crippen MR) is 85.8 cm³/mol. The minimum Gasteiger partial charge on any atom is -0.469 e. The van der Waals surface area contributed by atoms with E-state index in [1.165, 1.54) is 14.2 Å². The van der Waals surface area contributed by atoms with Crippen LogP contribution in [-0.4, -0.2) is 43.0 Å². The van der Waals surface area contributed by atoms with Crippen LogP contribution < -0.4 is 5.32 Å². The van der Waals surface area contributed by atoms with Gasteiger partial charge in [0.15, 0.2) is 0 Å². The van der Waals surface area contributed by atoms with Crippen LogP contribution in [0.1, 0.15) is 23.2 Å². The quantitative estimate of drug-likeness (QED) is 0.401. The molecule has 0 atom stereocenters. The number of carbonyl (C=O) groups is 2. The molecule has 0 aliphatic heterocycles. The number of hydrogen-bond donors (Lipinski definition) is 1. The third-order valence-electron chi connectivity index (χ3n) is 3.03. The molecule has 0 aliphatic rings. The predicted octanol–water partition coefficient (Wildman–Crippen LogP) is 1.39. The molecule has 1 aromatic rings. The van der Waals surface area contributed by atoms with E-state index in [1.54, 1.807) is 6.20 Å². The van der Waals surface area contributed by atoms with E-state index in [9.17, 15) is 9.59 Å². The van der Waals surface area contributed by atoms with E-state index in [2.05, 4.69) is 35.7 Å². The van der Waals surface area contributed by atoms with Gasteiger partial charge >= 0.3 is 11.9 Å². The van der Waals surface area contributed by atoms with Gasteiger partial charge in [-0.25, -0.2) is 0 Å². The van der Waals surface area contributed by atoms with Gasteiger partial charge in [0, 0.05) is 18.1 Å². The zero-order chi connectivity index (χ0) is 16.4. The van der Waals surface area contributed by atoms with Crippen LogP contribution in [0.15, 0.2) is 12.3 Å². The van der Waals surface area contributed by atoms with Crippen molar-refractivity contribution in [2.24, 2.45) is 0 Å². The van der Waals surface area contributed by atoms with Crippen molar-refractivity contribution in [3.8, 4) is 0 Å². The van der Waals surface area contributed by atoms with Gasteiger partial charge in [0.1, 0.15) is 0 Å². The summed E-state index contributed by atoms with van der Waals surface area (Å²) in [5.41, 5.74) is 2.19. The third-order valence-corrected chi connectivity index (χ3v) is 3.60. The second kappa shape index (κ2) is 10.3. The molecule has 0 amide bonds. The molecule has 1 heterocycles. The van der Waals surface area contributed by atoms with Crippen LogP contribution in [0.3, 0.4) is 0 Å². The fraction of sp³-hybridized carbons (Fsp3) is 0.533. The van der Waals surface area contributed by atoms with Crippen LogP contribution in [0.2, 0.25) is 0 Å². The van der Waals surface area contributed by atoms with Gasteiger partial charge in [-0.1, -0.05) is 22.0 Å². The van der Waals surface area contributed by atoms with Crippen molar-refractivity contribution >= 4 is 27.9 Å². The first-order valence-corrected chi connectivity index (χ1v) is 8.09. The number of carbonyl (C=O) groups excluding carboxylic acids is 2. The summed E-state index contributed by atoms with van der Waals surface area (Å²) < 4.78 is 9.34. The largest absolute Gasteiger partial charge is 0.469 e. The summed E-state index contributed by atoms with van der Waals surface area (Å²) in [5, 5.41) is 4.24. The number of aromatic nitrogens is 1. The molecule has 0 aliphatic carbocycles. The molecule has 0 spiro atoms. The number of pyridine rings is 1. The number of ether oxygens (including phenoxy) is 2. The SMILES string of the molecule is COC(=O)Cc1cc(CNCCCBr)cnc1CC(=O)OC. The Labute approximate surface area is 138 Å². The van der Waals surface area contributed by atoms with Gasteiger partial charge < -0.3 is 14.8 Å². The molecular weight excluding hydrogens is 352 g/mol. The molecule has 0 radical (unpaired) electrons. The van der Waals surface area contributed by atoms with Crippen molar-refractivity contribution in [2.45, 2.75) is 25.8 Å². The maximum Gasteiger partial charge on any atom is 0.311 e. The average molecular weight is 373 g/mol. The Hall–Kier alpha value is -1.47. The van der Waals surface area contributed by atoms with E-state index in [1.807, 2.05) is 6.07 Å². The zero-order valence-electron chi connectivity index (χ0n) is 12.9. The van der Waals surface area contributed by atoms with Crippen molar-refractivity contribution in [3.63, 3.8) is 0 Å². The zero-order valence-corrected chi connectivity index (χ0v) is 14.4. The molecule has 6 nitrogen and oxygen atoms in total. The van der Waals surface area contributed by atoms with Crippen LogP contribution in [0, 0.1) is 0 Å². The molecule has 0 fully saturated rings. The van der Waals surface area contributed by atoms with E-state index in [4.69, 9.17) is 0 Å². The lowest BCUT2D eigenvalue weighted by atomic mass is 10.1. The Balaban J connectivity index is 2.83. The summed E-state index contributed by atoms with van der Waals surface area (Å²) in [6.45, 7) is 1.55. The number of methoxy groups -OCH3 is 2. The maximum absolute atomic E-state index is 11.5. The molecule has 22 heavy (non-hydrogen) atoms. The number of alkyl halides is 1. The molecule has 0 aromatic carbocycles. The fourth-order valence-corrected chi connectivity index (χ4v) is 2.14. The number of rotatable bonds is 9. The summed E-state index contributed by atoms with van der Waals surface area (Å²) in [5.74, 6) is -0.751. The normalized spacial score (nSPS) is 10.3. The van der Waals surface area contributed by atoms with E-state index in [0.29, 0.717) is 17.8 Å². The lowest BCUT2D eigenvalue weighted by Crippen LogP contribution is -2.17. The molecule has 0 saturated heterocycles. The van der Waals surface area contributed by atoms with Gasteiger partial charge in [-0.2, -0.15) is 0 Å². The lowest BCUT2D eigenvalue weighted by Gasteiger charge is -2.10. The minimum atomic E-state index is -0.387. The summed E-state index contributed by atoms with van der Waals surface area (Å²) in [6.07, 6.45) is 2.87. The lowest BCUT2D eigenvalue weighted by molar-refractivity contribution is -0.141. The molecule has 1 N–H and O–H groups in total. The fourth-order valence-electron chi connectivity index (χ4n) is 1.86. The van der Waals surface area contributed by atoms with E-state index >= 15 is 0 Å². The average Bonchev–Trinajstić information content (AvgIpc) is 2.53. The Bertz CT molecular complexity index is 508. The van der Waals surface area contributed by atoms with E-state index in [-0.39, 0.29) is 24.8 Å². The van der Waals surface area contributed by atoms with Gasteiger partial charge in [0.25, 0.3) is 0 Å². The molecule has 1 aromatic heterocycles. The molecule has 0 unspecified atom stereocenters. The molecular formula is C15H21BrN2O4. The standard InChI is InChI=1S/C15H21BrN2O4/c1-21-14(19)7-12-6-11(9-17-5-3-4-16)10-18-13(12)8-15(20)22-2/h6,10,17H,3-5,7-9H2,1-2H3. The van der Waals surface area contributed by atoms with Crippen molar-refractivity contribution in [1.29, 1.82) is 0 Å². The number of nitrogens with zero attached hydrogens (tertiary/aromatic N) is 1. The topological polar surface area (TPSA) is 77.5 Å². The van der Waals surface area contributed by atoms with Crippen molar-refractivity contribution < 1.29 is 19.1 Å². The number of halogens is 1. The Morgan fingerprint density at radius 1 is 1.23 bits per heavy atom. The first kappa shape index (κ1) is 18.6. The Morgan fingerprint density at radius 3 is 2.55 bits per heavy atom. The Morgan fingerprint density at radius 2 is 1.91 bits per heavy atom. The van der Waals surface area contributed by atoms with Crippen LogP contribution >= 0.6 is 15.9 Å². The summed E-state index contributed by atoms with van der Waals surface area (Å²) >= 11 is 3.37. The van der Waals surface area contributed by atoms with Crippen LogP contribution in [-0.2, 0) is 38.4 Å². The maximum atomic E-state index is 11.5. The first-order valence-electron chi connectivity index (χ1n) is 6.97. The Kier molecular flexibility index (Phi) is 8.69. The van der Waals surface area contributed by atoms with E-state index < -0.39 is 0 Å². The molecule has 1 rings (SSSR count). The van der Waals surface area contributed by atoms with Gasteiger partial charge in [0.2, 0.25) is 0 Å². The smallest absolute Gasteiger partial charge is 0.311 e. The number of nitrogens with one attached hydrogen (secondary N) is 1. The highest BCUT2D eigenvalue weighted by Crippen LogP contribution is 2.12. The highest BCUT2D eigenvalue weighted by Gasteiger charge is 2.14. The van der Waals surface area contributed by atoms with Crippen molar-refractivity contribution in [1.82, 2.24) is 10.3 Å². The molecule has 0 bridgehead atoms. The highest BCUT2D eigenvalue weighted by atomic mass is 79.9. The van der Waals surface area contributed by atoms with Crippen LogP contribution in [0.4, 0.5) is 0 Å². The molecule has 122 valence electrons. The van der Waals surface area contributed by atoms with Crippen LogP contribution in [0.25, 0.3) is 0 Å². The second-order valence-electron chi connectivity index (χ2n) is 4.67. The van der Waals surface area contributed by atoms with Crippen LogP contribution in [0.5, 0.6) is 0 Å². The monoisotopic (exact) mass is 372 g/mol. The van der Waals surface area contributed by atoms with Crippen molar-refractivity contribution in [2.75, 3.05) is 26.1 Å². The van der Waals surface area contributed by atoms with Gasteiger partial charge in [-0.3, -0.25) is 14.6 Å². The molecule has 7 heteroatoms. The van der Waals surface area contributed by atoms with Gasteiger partial charge in [-0.15, -0.1) is 0 Å². The number of hydrogen-bond acceptors (Lipinski definition) is 6. The molecule has 0 saturated carbocycles. The van der Waals surface area contributed by atoms with Gasteiger partial charge in [-0.05, 0) is 24.1 Å². The summed E-state index contributed by atoms with van der Waals surface area (Å²) in [6, 6.07) is 1.88. The summed E-state index contributed by atoms with van der Waals surface area (Å²) in [7, 11) is 2.66. The summed E-state index contributed by atoms with van der Waals surface area (Å²) in [4.78, 5) is 27.2. The first-order chi connectivity index (χ1) is 10.6. The van der Waals surface area contributed by atoms with E-state index in [0.717, 1.165) is 23.9 Å². The minimum absolute atomic E-state index is 0.0418. The van der Waals surface area contributed by atoms with Gasteiger partial charge in [0.05, 0.1) is 32.8 Å². The second-order valence-corrected chi connectivity index (χ2v) is 5.47.